The highest BCUT2D eigenvalue weighted by Gasteiger charge is 2.10. The quantitative estimate of drug-likeness (QED) is 0.749. The van der Waals surface area contributed by atoms with Crippen LogP contribution in [0.1, 0.15) is 5.69 Å². The van der Waals surface area contributed by atoms with E-state index in [-0.39, 0.29) is 0 Å². The molecule has 0 saturated carbocycles. The number of guanidine groups is 1. The van der Waals surface area contributed by atoms with Gasteiger partial charge in [-0.1, -0.05) is 0 Å². The molecule has 0 amide bonds. The number of nitrogens with zero attached hydrogens (tertiary/aromatic N) is 4. The highest BCUT2D eigenvalue weighted by molar-refractivity contribution is 5.81. The first kappa shape index (κ1) is 9.89. The zero-order chi connectivity index (χ0) is 10.5. The molecule has 0 fully saturated rings. The molecule has 1 aliphatic heterocycles. The predicted molar refractivity (Wildman–Crippen MR) is 58.7 cm³/mol. The molecule has 5 nitrogen and oxygen atoms in total. The molecule has 1 N–H and O–H groups in total. The fraction of sp³-hybridized carbons (Fsp3) is 0.500. The van der Waals surface area contributed by atoms with E-state index < -0.39 is 0 Å². The summed E-state index contributed by atoms with van der Waals surface area (Å²) in [4.78, 5) is 14.7. The Labute approximate surface area is 89.3 Å². The van der Waals surface area contributed by atoms with Gasteiger partial charge in [-0.05, 0) is 0 Å². The zero-order valence-electron chi connectivity index (χ0n) is 8.85. The largest absolute Gasteiger partial charge is 0.356 e. The lowest BCUT2D eigenvalue weighted by atomic mass is 10.3. The molecule has 0 spiro atoms. The van der Waals surface area contributed by atoms with Crippen molar-refractivity contribution in [2.75, 3.05) is 26.7 Å². The predicted octanol–water partition coefficient (Wildman–Crippen LogP) is -0.0899. The summed E-state index contributed by atoms with van der Waals surface area (Å²) < 4.78 is 0. The molecule has 1 aliphatic rings. The lowest BCUT2D eigenvalue weighted by Crippen LogP contribution is -2.36. The van der Waals surface area contributed by atoms with Gasteiger partial charge in [0.05, 0.1) is 12.2 Å². The molecule has 0 bridgehead atoms. The molecule has 5 heteroatoms. The normalized spacial score (nSPS) is 15.3. The summed E-state index contributed by atoms with van der Waals surface area (Å²) in [5, 5.41) is 3.29. The number of hydrogen-bond acceptors (Lipinski definition) is 5. The van der Waals surface area contributed by atoms with Gasteiger partial charge in [0, 0.05) is 45.1 Å². The summed E-state index contributed by atoms with van der Waals surface area (Å²) in [7, 11) is 2.04. The Bertz CT molecular complexity index is 335. The molecule has 1 aromatic heterocycles. The third-order valence-electron chi connectivity index (χ3n) is 2.34. The van der Waals surface area contributed by atoms with Crippen LogP contribution in [0.5, 0.6) is 0 Å². The first-order valence-electron chi connectivity index (χ1n) is 5.10. The minimum Gasteiger partial charge on any atom is -0.356 e. The number of hydrogen-bond donors (Lipinski definition) is 1. The van der Waals surface area contributed by atoms with E-state index in [4.69, 9.17) is 0 Å². The van der Waals surface area contributed by atoms with Gasteiger partial charge in [0.2, 0.25) is 0 Å². The van der Waals surface area contributed by atoms with E-state index in [2.05, 4.69) is 25.2 Å². The highest BCUT2D eigenvalue weighted by atomic mass is 15.3. The van der Waals surface area contributed by atoms with Gasteiger partial charge < -0.3 is 10.2 Å². The molecule has 0 radical (unpaired) electrons. The van der Waals surface area contributed by atoms with E-state index in [1.54, 1.807) is 18.6 Å². The maximum Gasteiger partial charge on any atom is 0.193 e. The molecule has 15 heavy (non-hydrogen) atoms. The maximum absolute atomic E-state index is 4.34. The van der Waals surface area contributed by atoms with Crippen molar-refractivity contribution in [3.63, 3.8) is 0 Å². The number of aliphatic imine (C=N–C) groups is 1. The van der Waals surface area contributed by atoms with Crippen LogP contribution >= 0.6 is 0 Å². The highest BCUT2D eigenvalue weighted by Crippen LogP contribution is 1.95. The number of aromatic nitrogens is 2. The van der Waals surface area contributed by atoms with Gasteiger partial charge in [-0.15, -0.1) is 0 Å². The molecule has 0 aromatic carbocycles. The summed E-state index contributed by atoms with van der Waals surface area (Å²) in [5.41, 5.74) is 1.01. The standard InChI is InChI=1S/C10H15N5/c1-15-7-6-14-10(15)13-3-2-9-8-11-4-5-12-9/h4-5,8H,2-3,6-7H2,1H3,(H,13,14). The number of rotatable bonds is 3. The van der Waals surface area contributed by atoms with E-state index in [0.717, 1.165) is 37.7 Å². The molecule has 2 heterocycles. The number of likely N-dealkylation sites (N-methyl/N-ethyl adjacent to an activating group) is 1. The molecule has 0 aliphatic carbocycles. The van der Waals surface area contributed by atoms with Gasteiger partial charge in [0.25, 0.3) is 0 Å². The minimum absolute atomic E-state index is 0.849. The van der Waals surface area contributed by atoms with E-state index >= 15 is 0 Å². The zero-order valence-corrected chi connectivity index (χ0v) is 8.85. The fourth-order valence-electron chi connectivity index (χ4n) is 1.48. The van der Waals surface area contributed by atoms with E-state index in [1.807, 2.05) is 7.05 Å². The Kier molecular flexibility index (Phi) is 3.11. The van der Waals surface area contributed by atoms with Gasteiger partial charge in [-0.2, -0.15) is 0 Å². The third kappa shape index (κ3) is 2.65. The van der Waals surface area contributed by atoms with Gasteiger partial charge in [0.15, 0.2) is 5.96 Å². The summed E-state index contributed by atoms with van der Waals surface area (Å²) >= 11 is 0. The molecule has 2 rings (SSSR count). The average Bonchev–Trinajstić information content (AvgIpc) is 2.66. The van der Waals surface area contributed by atoms with Gasteiger partial charge >= 0.3 is 0 Å². The lowest BCUT2D eigenvalue weighted by molar-refractivity contribution is 0.534. The van der Waals surface area contributed by atoms with Crippen molar-refractivity contribution in [3.8, 4) is 0 Å². The Morgan fingerprint density at radius 1 is 1.47 bits per heavy atom. The summed E-state index contributed by atoms with van der Waals surface area (Å²) in [6.07, 6.45) is 6.07. The second-order valence-corrected chi connectivity index (χ2v) is 3.50. The van der Waals surface area contributed by atoms with Crippen molar-refractivity contribution in [3.05, 3.63) is 24.3 Å². The Morgan fingerprint density at radius 3 is 3.07 bits per heavy atom. The van der Waals surface area contributed by atoms with Crippen LogP contribution in [-0.2, 0) is 6.42 Å². The van der Waals surface area contributed by atoms with Crippen LogP contribution in [0.15, 0.2) is 23.6 Å². The van der Waals surface area contributed by atoms with Crippen LogP contribution < -0.4 is 5.32 Å². The smallest absolute Gasteiger partial charge is 0.193 e. The van der Waals surface area contributed by atoms with Gasteiger partial charge in [-0.25, -0.2) is 0 Å². The average molecular weight is 205 g/mol. The van der Waals surface area contributed by atoms with E-state index in [0.29, 0.717) is 0 Å². The fourth-order valence-corrected chi connectivity index (χ4v) is 1.48. The van der Waals surface area contributed by atoms with Crippen LogP contribution in [-0.4, -0.2) is 47.5 Å². The molecule has 1 aromatic rings. The second kappa shape index (κ2) is 4.72. The van der Waals surface area contributed by atoms with Crippen molar-refractivity contribution in [2.24, 2.45) is 4.99 Å². The maximum atomic E-state index is 4.34. The van der Waals surface area contributed by atoms with Crippen LogP contribution in [0.2, 0.25) is 0 Å². The molecule has 0 atom stereocenters. The van der Waals surface area contributed by atoms with E-state index in [1.165, 1.54) is 0 Å². The minimum atomic E-state index is 0.849. The molecular formula is C10H15N5. The van der Waals surface area contributed by atoms with Crippen molar-refractivity contribution in [1.82, 2.24) is 20.2 Å². The Morgan fingerprint density at radius 2 is 2.40 bits per heavy atom. The topological polar surface area (TPSA) is 53.4 Å². The number of nitrogens with one attached hydrogen (secondary N) is 1. The first-order valence-corrected chi connectivity index (χ1v) is 5.10. The summed E-state index contributed by atoms with van der Waals surface area (Å²) in [6.45, 7) is 2.75. The molecule has 0 saturated heterocycles. The summed E-state index contributed by atoms with van der Waals surface area (Å²) in [6, 6.07) is 0. The van der Waals surface area contributed by atoms with Crippen LogP contribution in [0.4, 0.5) is 0 Å². The second-order valence-electron chi connectivity index (χ2n) is 3.50. The summed E-state index contributed by atoms with van der Waals surface area (Å²) in [5.74, 6) is 0.985. The molecular weight excluding hydrogens is 190 g/mol. The van der Waals surface area contributed by atoms with Crippen molar-refractivity contribution in [1.29, 1.82) is 0 Å². The van der Waals surface area contributed by atoms with Crippen molar-refractivity contribution >= 4 is 5.96 Å². The SMILES string of the molecule is CN1CCN=C1NCCc1cnccn1. The van der Waals surface area contributed by atoms with Crippen molar-refractivity contribution < 1.29 is 0 Å². The monoisotopic (exact) mass is 205 g/mol. The third-order valence-corrected chi connectivity index (χ3v) is 2.34. The lowest BCUT2D eigenvalue weighted by Gasteiger charge is -2.14. The molecule has 80 valence electrons. The Hall–Kier alpha value is -1.65. The Balaban J connectivity index is 1.76. The van der Waals surface area contributed by atoms with Crippen LogP contribution in [0.25, 0.3) is 0 Å². The van der Waals surface area contributed by atoms with Crippen LogP contribution in [0, 0.1) is 0 Å². The van der Waals surface area contributed by atoms with Gasteiger partial charge in [-0.3, -0.25) is 15.0 Å². The van der Waals surface area contributed by atoms with E-state index in [9.17, 15) is 0 Å². The van der Waals surface area contributed by atoms with Crippen LogP contribution in [0.3, 0.4) is 0 Å². The van der Waals surface area contributed by atoms with Crippen molar-refractivity contribution in [2.45, 2.75) is 6.42 Å². The first-order chi connectivity index (χ1) is 7.36. The van der Waals surface area contributed by atoms with Gasteiger partial charge in [0.1, 0.15) is 0 Å². The molecule has 0 unspecified atom stereocenters.